The van der Waals surface area contributed by atoms with Crippen LogP contribution < -0.4 is 5.32 Å². The van der Waals surface area contributed by atoms with Gasteiger partial charge in [0.15, 0.2) is 0 Å². The van der Waals surface area contributed by atoms with Crippen molar-refractivity contribution in [1.82, 2.24) is 4.90 Å². The average molecular weight is 339 g/mol. The van der Waals surface area contributed by atoms with E-state index in [1.165, 1.54) is 17.9 Å². The van der Waals surface area contributed by atoms with Gasteiger partial charge in [0.25, 0.3) is 0 Å². The molecule has 0 aliphatic rings. The van der Waals surface area contributed by atoms with Crippen LogP contribution in [0.3, 0.4) is 0 Å². The fourth-order valence-corrected chi connectivity index (χ4v) is 2.34. The molecule has 5 nitrogen and oxygen atoms in total. The molecule has 0 saturated carbocycles. The molecular weight excluding hydrogens is 321 g/mol. The summed E-state index contributed by atoms with van der Waals surface area (Å²) < 4.78 is 13.7. The number of carbonyl (C=O) groups excluding carboxylic acids is 2. The van der Waals surface area contributed by atoms with E-state index in [4.69, 9.17) is 5.26 Å². The van der Waals surface area contributed by atoms with Gasteiger partial charge in [0.05, 0.1) is 18.2 Å². The second-order valence-corrected chi connectivity index (χ2v) is 5.52. The predicted octanol–water partition coefficient (Wildman–Crippen LogP) is 2.73. The van der Waals surface area contributed by atoms with Crippen LogP contribution in [-0.2, 0) is 16.0 Å². The number of halogens is 1. The summed E-state index contributed by atoms with van der Waals surface area (Å²) in [6.07, 6.45) is 0.323. The molecule has 2 aromatic rings. The summed E-state index contributed by atoms with van der Waals surface area (Å²) in [5, 5.41) is 11.5. The molecule has 0 bridgehead atoms. The molecule has 0 heterocycles. The van der Waals surface area contributed by atoms with Gasteiger partial charge in [-0.05, 0) is 36.2 Å². The van der Waals surface area contributed by atoms with Crippen LogP contribution in [-0.4, -0.2) is 29.8 Å². The van der Waals surface area contributed by atoms with Crippen molar-refractivity contribution in [2.45, 2.75) is 13.3 Å². The van der Waals surface area contributed by atoms with E-state index >= 15 is 0 Å². The molecule has 0 spiro atoms. The Labute approximate surface area is 145 Å². The Morgan fingerprint density at radius 1 is 1.20 bits per heavy atom. The standard InChI is InChI=1S/C19H18FN3O2/c1-14(24)23(10-9-16-6-2-3-8-18(16)20)13-19(25)22-17-7-4-5-15(11-17)12-21/h2-8,11H,9-10,13H2,1H3,(H,22,25). The van der Waals surface area contributed by atoms with Gasteiger partial charge in [-0.1, -0.05) is 24.3 Å². The van der Waals surface area contributed by atoms with Gasteiger partial charge in [0.2, 0.25) is 11.8 Å². The number of nitrogens with zero attached hydrogens (tertiary/aromatic N) is 2. The van der Waals surface area contributed by atoms with E-state index in [0.29, 0.717) is 23.2 Å². The first-order chi connectivity index (χ1) is 12.0. The second-order valence-electron chi connectivity index (χ2n) is 5.52. The van der Waals surface area contributed by atoms with Crippen molar-refractivity contribution in [3.8, 4) is 6.07 Å². The molecule has 2 rings (SSSR count). The smallest absolute Gasteiger partial charge is 0.243 e. The molecule has 6 heteroatoms. The Balaban J connectivity index is 1.96. The largest absolute Gasteiger partial charge is 0.333 e. The molecule has 2 aromatic carbocycles. The molecule has 0 unspecified atom stereocenters. The van der Waals surface area contributed by atoms with Gasteiger partial charge in [-0.3, -0.25) is 9.59 Å². The van der Waals surface area contributed by atoms with E-state index in [0.717, 1.165) is 0 Å². The Kier molecular flexibility index (Phi) is 6.24. The lowest BCUT2D eigenvalue weighted by atomic mass is 10.1. The van der Waals surface area contributed by atoms with E-state index in [9.17, 15) is 14.0 Å². The number of carbonyl (C=O) groups is 2. The maximum atomic E-state index is 13.7. The monoisotopic (exact) mass is 339 g/mol. The lowest BCUT2D eigenvalue weighted by molar-refractivity contribution is -0.132. The lowest BCUT2D eigenvalue weighted by Gasteiger charge is -2.20. The van der Waals surface area contributed by atoms with Gasteiger partial charge in [0, 0.05) is 19.2 Å². The zero-order valence-corrected chi connectivity index (χ0v) is 13.8. The van der Waals surface area contributed by atoms with Crippen molar-refractivity contribution in [2.24, 2.45) is 0 Å². The Bertz CT molecular complexity index is 814. The minimum Gasteiger partial charge on any atom is -0.333 e. The third kappa shape index (κ3) is 5.43. The first kappa shape index (κ1) is 18.1. The van der Waals surface area contributed by atoms with Crippen LogP contribution in [0.5, 0.6) is 0 Å². The highest BCUT2D eigenvalue weighted by Gasteiger charge is 2.14. The second kappa shape index (κ2) is 8.60. The summed E-state index contributed by atoms with van der Waals surface area (Å²) in [5.41, 5.74) is 1.42. The Morgan fingerprint density at radius 2 is 1.96 bits per heavy atom. The molecule has 0 aliphatic heterocycles. The topological polar surface area (TPSA) is 73.2 Å². The maximum Gasteiger partial charge on any atom is 0.243 e. The van der Waals surface area contributed by atoms with E-state index in [1.54, 1.807) is 42.5 Å². The van der Waals surface area contributed by atoms with Gasteiger partial charge in [0.1, 0.15) is 5.82 Å². The third-order valence-corrected chi connectivity index (χ3v) is 3.66. The van der Waals surface area contributed by atoms with Crippen LogP contribution in [0.25, 0.3) is 0 Å². The highest BCUT2D eigenvalue weighted by Crippen LogP contribution is 2.11. The summed E-state index contributed by atoms with van der Waals surface area (Å²) in [5.74, 6) is -0.972. The molecule has 1 N–H and O–H groups in total. The van der Waals surface area contributed by atoms with Crippen LogP contribution in [0.4, 0.5) is 10.1 Å². The van der Waals surface area contributed by atoms with Crippen LogP contribution in [0, 0.1) is 17.1 Å². The first-order valence-electron chi connectivity index (χ1n) is 7.78. The van der Waals surface area contributed by atoms with E-state index in [-0.39, 0.29) is 30.7 Å². The number of hydrogen-bond donors (Lipinski definition) is 1. The zero-order chi connectivity index (χ0) is 18.2. The summed E-state index contributed by atoms with van der Waals surface area (Å²) in [4.78, 5) is 25.2. The summed E-state index contributed by atoms with van der Waals surface area (Å²) in [6, 6.07) is 14.8. The zero-order valence-electron chi connectivity index (χ0n) is 13.8. The number of nitriles is 1. The normalized spacial score (nSPS) is 9.96. The molecule has 128 valence electrons. The maximum absolute atomic E-state index is 13.7. The highest BCUT2D eigenvalue weighted by atomic mass is 19.1. The minimum absolute atomic E-state index is 0.138. The Hall–Kier alpha value is -3.20. The van der Waals surface area contributed by atoms with E-state index < -0.39 is 0 Å². The van der Waals surface area contributed by atoms with Crippen LogP contribution >= 0.6 is 0 Å². The predicted molar refractivity (Wildman–Crippen MR) is 92.1 cm³/mol. The van der Waals surface area contributed by atoms with Crippen molar-refractivity contribution in [2.75, 3.05) is 18.4 Å². The molecule has 0 atom stereocenters. The van der Waals surface area contributed by atoms with Crippen LogP contribution in [0.2, 0.25) is 0 Å². The fraction of sp³-hybridized carbons (Fsp3) is 0.211. The molecule has 2 amide bonds. The van der Waals surface area contributed by atoms with Gasteiger partial charge < -0.3 is 10.2 Å². The molecule has 25 heavy (non-hydrogen) atoms. The van der Waals surface area contributed by atoms with Crippen molar-refractivity contribution >= 4 is 17.5 Å². The summed E-state index contributed by atoms with van der Waals surface area (Å²) >= 11 is 0. The molecule has 0 aliphatic carbocycles. The molecule has 0 radical (unpaired) electrons. The third-order valence-electron chi connectivity index (χ3n) is 3.66. The fourth-order valence-electron chi connectivity index (χ4n) is 2.34. The molecule has 0 aromatic heterocycles. The highest BCUT2D eigenvalue weighted by molar-refractivity contribution is 5.94. The summed E-state index contributed by atoms with van der Waals surface area (Å²) in [7, 11) is 0. The van der Waals surface area contributed by atoms with Gasteiger partial charge in [-0.25, -0.2) is 4.39 Å². The average Bonchev–Trinajstić information content (AvgIpc) is 2.59. The minimum atomic E-state index is -0.376. The van der Waals surface area contributed by atoms with Crippen LogP contribution in [0.15, 0.2) is 48.5 Å². The molecule has 0 saturated heterocycles. The summed E-state index contributed by atoms with van der Waals surface area (Å²) in [6.45, 7) is 1.47. The van der Waals surface area contributed by atoms with Crippen molar-refractivity contribution < 1.29 is 14.0 Å². The number of rotatable bonds is 6. The Morgan fingerprint density at radius 3 is 2.64 bits per heavy atom. The number of anilines is 1. The van der Waals surface area contributed by atoms with Gasteiger partial charge in [-0.2, -0.15) is 5.26 Å². The first-order valence-corrected chi connectivity index (χ1v) is 7.78. The number of hydrogen-bond acceptors (Lipinski definition) is 3. The quantitative estimate of drug-likeness (QED) is 0.879. The van der Waals surface area contributed by atoms with E-state index in [2.05, 4.69) is 5.32 Å². The SMILES string of the molecule is CC(=O)N(CCc1ccccc1F)CC(=O)Nc1cccc(C#N)c1. The number of benzene rings is 2. The van der Waals surface area contributed by atoms with Gasteiger partial charge in [-0.15, -0.1) is 0 Å². The van der Waals surface area contributed by atoms with Gasteiger partial charge >= 0.3 is 0 Å². The molecular formula is C19H18FN3O2. The van der Waals surface area contributed by atoms with Crippen molar-refractivity contribution in [3.63, 3.8) is 0 Å². The van der Waals surface area contributed by atoms with Crippen molar-refractivity contribution in [3.05, 3.63) is 65.5 Å². The van der Waals surface area contributed by atoms with Crippen molar-refractivity contribution in [1.29, 1.82) is 5.26 Å². The lowest BCUT2D eigenvalue weighted by Crippen LogP contribution is -2.38. The van der Waals surface area contributed by atoms with E-state index in [1.807, 2.05) is 6.07 Å². The molecule has 0 fully saturated rings. The van der Waals surface area contributed by atoms with Crippen LogP contribution in [0.1, 0.15) is 18.1 Å². The number of nitrogens with one attached hydrogen (secondary N) is 1. The number of amides is 2.